The molecule has 0 spiro atoms. The summed E-state index contributed by atoms with van der Waals surface area (Å²) in [4.78, 5) is 10.8. The second kappa shape index (κ2) is 5.05. The molecular formula is C11H10O3. The summed E-state index contributed by atoms with van der Waals surface area (Å²) in [5.74, 6) is 4.30. The molecular weight excluding hydrogens is 180 g/mol. The highest BCUT2D eigenvalue weighted by atomic mass is 16.5. The Bertz CT molecular complexity index is 359. The van der Waals surface area contributed by atoms with E-state index in [2.05, 4.69) is 16.6 Å². The van der Waals surface area contributed by atoms with E-state index in [0.717, 1.165) is 5.56 Å². The highest BCUT2D eigenvalue weighted by Crippen LogP contribution is 1.95. The van der Waals surface area contributed by atoms with Gasteiger partial charge in [0, 0.05) is 5.56 Å². The number of aliphatic hydroxyl groups is 1. The molecule has 0 heterocycles. The average molecular weight is 190 g/mol. The third kappa shape index (κ3) is 2.92. The molecule has 0 saturated heterocycles. The van der Waals surface area contributed by atoms with Crippen LogP contribution in [0.3, 0.4) is 0 Å². The van der Waals surface area contributed by atoms with Crippen LogP contribution >= 0.6 is 0 Å². The van der Waals surface area contributed by atoms with E-state index in [-0.39, 0.29) is 0 Å². The van der Waals surface area contributed by atoms with Crippen molar-refractivity contribution in [2.75, 3.05) is 7.11 Å². The summed E-state index contributed by atoms with van der Waals surface area (Å²) >= 11 is 0. The van der Waals surface area contributed by atoms with Gasteiger partial charge in [-0.25, -0.2) is 4.79 Å². The number of hydrogen-bond acceptors (Lipinski definition) is 3. The number of carbonyl (C=O) groups excluding carboxylic acids is 1. The van der Waals surface area contributed by atoms with Gasteiger partial charge in [-0.15, -0.1) is 0 Å². The summed E-state index contributed by atoms with van der Waals surface area (Å²) in [6.45, 7) is 0. The molecule has 3 heteroatoms. The van der Waals surface area contributed by atoms with Crippen molar-refractivity contribution in [1.82, 2.24) is 0 Å². The van der Waals surface area contributed by atoms with E-state index in [1.807, 2.05) is 18.2 Å². The SMILES string of the molecule is COC(=O)[C@H](O)C#Cc1ccccc1. The molecule has 1 atom stereocenters. The lowest BCUT2D eigenvalue weighted by atomic mass is 10.2. The summed E-state index contributed by atoms with van der Waals surface area (Å²) in [5, 5.41) is 9.13. The zero-order chi connectivity index (χ0) is 10.4. The van der Waals surface area contributed by atoms with Crippen molar-refractivity contribution >= 4 is 5.97 Å². The molecule has 0 amide bonds. The topological polar surface area (TPSA) is 46.5 Å². The minimum absolute atomic E-state index is 0.742. The fourth-order valence-electron chi connectivity index (χ4n) is 0.844. The first-order chi connectivity index (χ1) is 6.74. The lowest BCUT2D eigenvalue weighted by Gasteiger charge is -1.98. The molecule has 0 aliphatic heterocycles. The van der Waals surface area contributed by atoms with Crippen LogP contribution in [-0.2, 0) is 9.53 Å². The van der Waals surface area contributed by atoms with Crippen molar-refractivity contribution in [1.29, 1.82) is 0 Å². The molecule has 0 radical (unpaired) electrons. The number of hydrogen-bond donors (Lipinski definition) is 1. The van der Waals surface area contributed by atoms with Crippen molar-refractivity contribution in [3.05, 3.63) is 35.9 Å². The van der Waals surface area contributed by atoms with Gasteiger partial charge in [0.05, 0.1) is 7.11 Å². The summed E-state index contributed by atoms with van der Waals surface area (Å²) < 4.78 is 4.31. The monoisotopic (exact) mass is 190 g/mol. The summed E-state index contributed by atoms with van der Waals surface area (Å²) in [6, 6.07) is 9.10. The normalized spacial score (nSPS) is 11.0. The van der Waals surface area contributed by atoms with Crippen LogP contribution in [0.2, 0.25) is 0 Å². The van der Waals surface area contributed by atoms with Crippen LogP contribution < -0.4 is 0 Å². The fourth-order valence-corrected chi connectivity index (χ4v) is 0.844. The minimum atomic E-state index is -1.37. The Kier molecular flexibility index (Phi) is 3.71. The lowest BCUT2D eigenvalue weighted by molar-refractivity contribution is -0.147. The van der Waals surface area contributed by atoms with Crippen LogP contribution in [0.15, 0.2) is 30.3 Å². The van der Waals surface area contributed by atoms with E-state index < -0.39 is 12.1 Å². The average Bonchev–Trinajstić information content (AvgIpc) is 2.26. The van der Waals surface area contributed by atoms with Crippen LogP contribution in [0, 0.1) is 11.8 Å². The van der Waals surface area contributed by atoms with Gasteiger partial charge in [-0.1, -0.05) is 30.0 Å². The molecule has 0 unspecified atom stereocenters. The molecule has 1 rings (SSSR count). The van der Waals surface area contributed by atoms with Gasteiger partial charge in [0.2, 0.25) is 6.10 Å². The van der Waals surface area contributed by atoms with Gasteiger partial charge < -0.3 is 9.84 Å². The van der Waals surface area contributed by atoms with Crippen LogP contribution in [0.25, 0.3) is 0 Å². The lowest BCUT2D eigenvalue weighted by Crippen LogP contribution is -2.19. The smallest absolute Gasteiger partial charge is 0.347 e. The van der Waals surface area contributed by atoms with Gasteiger partial charge in [-0.05, 0) is 12.1 Å². The second-order valence-electron chi connectivity index (χ2n) is 2.56. The molecule has 0 bridgehead atoms. The summed E-state index contributed by atoms with van der Waals surface area (Å²) in [5.41, 5.74) is 0.746. The molecule has 0 aliphatic carbocycles. The van der Waals surface area contributed by atoms with Crippen molar-refractivity contribution in [3.63, 3.8) is 0 Å². The van der Waals surface area contributed by atoms with Crippen LogP contribution in [0.5, 0.6) is 0 Å². The number of benzene rings is 1. The van der Waals surface area contributed by atoms with Gasteiger partial charge in [0.25, 0.3) is 0 Å². The Morgan fingerprint density at radius 1 is 1.43 bits per heavy atom. The molecule has 1 aromatic rings. The highest BCUT2D eigenvalue weighted by molar-refractivity contribution is 5.78. The van der Waals surface area contributed by atoms with Crippen LogP contribution in [0.1, 0.15) is 5.56 Å². The van der Waals surface area contributed by atoms with Gasteiger partial charge in [0.1, 0.15) is 0 Å². The van der Waals surface area contributed by atoms with Gasteiger partial charge in [-0.2, -0.15) is 0 Å². The Morgan fingerprint density at radius 2 is 2.07 bits per heavy atom. The third-order valence-corrected chi connectivity index (χ3v) is 1.55. The molecule has 14 heavy (non-hydrogen) atoms. The molecule has 0 aromatic heterocycles. The fraction of sp³-hybridized carbons (Fsp3) is 0.182. The van der Waals surface area contributed by atoms with E-state index in [9.17, 15) is 4.79 Å². The largest absolute Gasteiger partial charge is 0.466 e. The zero-order valence-electron chi connectivity index (χ0n) is 7.73. The van der Waals surface area contributed by atoms with Crippen LogP contribution in [-0.4, -0.2) is 24.3 Å². The van der Waals surface area contributed by atoms with E-state index in [0.29, 0.717) is 0 Å². The van der Waals surface area contributed by atoms with Crippen molar-refractivity contribution < 1.29 is 14.6 Å². The number of ether oxygens (including phenoxy) is 1. The molecule has 1 N–H and O–H groups in total. The predicted molar refractivity (Wildman–Crippen MR) is 51.3 cm³/mol. The highest BCUT2D eigenvalue weighted by Gasteiger charge is 2.10. The van der Waals surface area contributed by atoms with E-state index in [4.69, 9.17) is 5.11 Å². The zero-order valence-corrected chi connectivity index (χ0v) is 7.73. The number of rotatable bonds is 1. The summed E-state index contributed by atoms with van der Waals surface area (Å²) in [7, 11) is 1.20. The molecule has 3 nitrogen and oxygen atoms in total. The first-order valence-electron chi connectivity index (χ1n) is 4.06. The Labute approximate surface area is 82.3 Å². The van der Waals surface area contributed by atoms with Crippen molar-refractivity contribution in [3.8, 4) is 11.8 Å². The van der Waals surface area contributed by atoms with Crippen LogP contribution in [0.4, 0.5) is 0 Å². The van der Waals surface area contributed by atoms with E-state index in [1.54, 1.807) is 12.1 Å². The summed E-state index contributed by atoms with van der Waals surface area (Å²) in [6.07, 6.45) is -1.37. The maximum atomic E-state index is 10.8. The maximum Gasteiger partial charge on any atom is 0.347 e. The number of esters is 1. The van der Waals surface area contributed by atoms with Crippen molar-refractivity contribution in [2.24, 2.45) is 0 Å². The first-order valence-corrected chi connectivity index (χ1v) is 4.06. The standard InChI is InChI=1S/C11H10O3/c1-14-11(13)10(12)8-7-9-5-3-2-4-6-9/h2-6,10,12H,1H3/t10-/m1/s1. The second-order valence-corrected chi connectivity index (χ2v) is 2.56. The number of carbonyl (C=O) groups is 1. The number of methoxy groups -OCH3 is 1. The Hall–Kier alpha value is -1.79. The third-order valence-electron chi connectivity index (χ3n) is 1.55. The van der Waals surface area contributed by atoms with Crippen molar-refractivity contribution in [2.45, 2.75) is 6.10 Å². The van der Waals surface area contributed by atoms with Gasteiger partial charge in [-0.3, -0.25) is 0 Å². The Morgan fingerprint density at radius 3 is 2.64 bits per heavy atom. The van der Waals surface area contributed by atoms with E-state index >= 15 is 0 Å². The molecule has 72 valence electrons. The molecule has 1 aromatic carbocycles. The minimum Gasteiger partial charge on any atom is -0.466 e. The number of aliphatic hydroxyl groups excluding tert-OH is 1. The van der Waals surface area contributed by atoms with E-state index in [1.165, 1.54) is 7.11 Å². The van der Waals surface area contributed by atoms with Gasteiger partial charge >= 0.3 is 5.97 Å². The quantitative estimate of drug-likeness (QED) is 0.520. The maximum absolute atomic E-state index is 10.8. The molecule has 0 aliphatic rings. The predicted octanol–water partition coefficient (Wildman–Crippen LogP) is 0.572. The van der Waals surface area contributed by atoms with Gasteiger partial charge in [0.15, 0.2) is 0 Å². The Balaban J connectivity index is 2.69. The molecule has 0 saturated carbocycles. The molecule has 0 fully saturated rings. The first kappa shape index (κ1) is 10.3.